The molecule has 0 spiro atoms. The Morgan fingerprint density at radius 2 is 1.87 bits per heavy atom. The summed E-state index contributed by atoms with van der Waals surface area (Å²) >= 11 is 0. The van der Waals surface area contributed by atoms with E-state index in [1.165, 1.54) is 5.56 Å². The van der Waals surface area contributed by atoms with Crippen LogP contribution in [0.1, 0.15) is 24.8 Å². The molecular formula is C17H26N2O4. The molecule has 1 saturated carbocycles. The van der Waals surface area contributed by atoms with Gasteiger partial charge in [-0.2, -0.15) is 0 Å². The van der Waals surface area contributed by atoms with E-state index >= 15 is 0 Å². The molecule has 0 heterocycles. The molecule has 0 aromatic heterocycles. The summed E-state index contributed by atoms with van der Waals surface area (Å²) in [6, 6.07) is 7.93. The molecular weight excluding hydrogens is 296 g/mol. The van der Waals surface area contributed by atoms with Gasteiger partial charge in [0.15, 0.2) is 0 Å². The second-order valence-corrected chi connectivity index (χ2v) is 5.68. The number of benzene rings is 1. The van der Waals surface area contributed by atoms with Crippen molar-refractivity contribution in [1.82, 2.24) is 10.6 Å². The van der Waals surface area contributed by atoms with Gasteiger partial charge in [-0.25, -0.2) is 4.79 Å². The van der Waals surface area contributed by atoms with Crippen molar-refractivity contribution < 1.29 is 19.0 Å². The number of amides is 2. The first kappa shape index (κ1) is 17.6. The maximum atomic E-state index is 12.0. The highest BCUT2D eigenvalue weighted by molar-refractivity contribution is 5.75. The smallest absolute Gasteiger partial charge is 0.315 e. The van der Waals surface area contributed by atoms with E-state index < -0.39 is 0 Å². The summed E-state index contributed by atoms with van der Waals surface area (Å²) in [5.74, 6) is 1.25. The number of nitrogens with one attached hydrogen (secondary N) is 2. The molecule has 6 nitrogen and oxygen atoms in total. The van der Waals surface area contributed by atoms with E-state index in [1.54, 1.807) is 14.2 Å². The van der Waals surface area contributed by atoms with Crippen LogP contribution in [0, 0.1) is 0 Å². The molecule has 128 valence electrons. The fraction of sp³-hybridized carbons (Fsp3) is 0.588. The highest BCUT2D eigenvalue weighted by Gasteiger charge is 2.39. The summed E-state index contributed by atoms with van der Waals surface area (Å²) in [6.45, 7) is 3.48. The molecule has 1 aliphatic rings. The number of carbonyl (C=O) groups excluding carboxylic acids is 1. The van der Waals surface area contributed by atoms with Crippen LogP contribution in [0.5, 0.6) is 5.75 Å². The Hall–Kier alpha value is -1.79. The second kappa shape index (κ2) is 8.74. The summed E-state index contributed by atoms with van der Waals surface area (Å²) in [5, 5.41) is 5.87. The number of rotatable bonds is 9. The molecule has 0 saturated heterocycles. The van der Waals surface area contributed by atoms with Crippen molar-refractivity contribution >= 4 is 6.03 Å². The van der Waals surface area contributed by atoms with E-state index in [2.05, 4.69) is 22.8 Å². The third-order valence-corrected chi connectivity index (χ3v) is 3.80. The molecule has 2 atom stereocenters. The van der Waals surface area contributed by atoms with Crippen LogP contribution in [0.3, 0.4) is 0 Å². The SMILES string of the molecule is CCOc1ccc([C@@H]2C[C@H]2NC(=O)NC(COC)COC)cc1. The Morgan fingerprint density at radius 3 is 2.43 bits per heavy atom. The van der Waals surface area contributed by atoms with E-state index in [4.69, 9.17) is 14.2 Å². The Balaban J connectivity index is 1.78. The van der Waals surface area contributed by atoms with Gasteiger partial charge in [-0.15, -0.1) is 0 Å². The summed E-state index contributed by atoms with van der Waals surface area (Å²) in [5.41, 5.74) is 1.23. The first-order chi connectivity index (χ1) is 11.2. The largest absolute Gasteiger partial charge is 0.494 e. The zero-order valence-corrected chi connectivity index (χ0v) is 14.0. The molecule has 2 amide bonds. The summed E-state index contributed by atoms with van der Waals surface area (Å²) < 4.78 is 15.6. The molecule has 0 aliphatic heterocycles. The monoisotopic (exact) mass is 322 g/mol. The summed E-state index contributed by atoms with van der Waals surface area (Å²) in [6.07, 6.45) is 0.959. The van der Waals surface area contributed by atoms with E-state index in [-0.39, 0.29) is 18.1 Å². The normalized spacial score (nSPS) is 19.5. The first-order valence-corrected chi connectivity index (χ1v) is 7.95. The molecule has 1 aromatic rings. The van der Waals surface area contributed by atoms with E-state index in [0.717, 1.165) is 12.2 Å². The van der Waals surface area contributed by atoms with Crippen molar-refractivity contribution in [3.05, 3.63) is 29.8 Å². The van der Waals surface area contributed by atoms with Gasteiger partial charge in [0, 0.05) is 26.2 Å². The highest BCUT2D eigenvalue weighted by Crippen LogP contribution is 2.41. The van der Waals surface area contributed by atoms with Gasteiger partial charge in [0.2, 0.25) is 0 Å². The first-order valence-electron chi connectivity index (χ1n) is 7.95. The Labute approximate surface area is 137 Å². The van der Waals surface area contributed by atoms with Gasteiger partial charge >= 0.3 is 6.03 Å². The third kappa shape index (κ3) is 5.41. The van der Waals surface area contributed by atoms with Gasteiger partial charge in [0.25, 0.3) is 0 Å². The number of hydrogen-bond acceptors (Lipinski definition) is 4. The topological polar surface area (TPSA) is 68.8 Å². The van der Waals surface area contributed by atoms with Crippen molar-refractivity contribution in [2.24, 2.45) is 0 Å². The molecule has 0 radical (unpaired) electrons. The zero-order valence-electron chi connectivity index (χ0n) is 14.0. The van der Waals surface area contributed by atoms with Crippen molar-refractivity contribution in [1.29, 1.82) is 0 Å². The quantitative estimate of drug-likeness (QED) is 0.729. The zero-order chi connectivity index (χ0) is 16.7. The van der Waals surface area contributed by atoms with Crippen molar-refractivity contribution in [3.8, 4) is 5.75 Å². The lowest BCUT2D eigenvalue weighted by Crippen LogP contribution is -2.47. The molecule has 2 rings (SSSR count). The minimum absolute atomic E-state index is 0.146. The predicted octanol–water partition coefficient (Wildman–Crippen LogP) is 1.90. The molecule has 0 unspecified atom stereocenters. The van der Waals surface area contributed by atoms with Crippen molar-refractivity contribution in [2.75, 3.05) is 34.0 Å². The van der Waals surface area contributed by atoms with Gasteiger partial charge in [-0.05, 0) is 31.0 Å². The predicted molar refractivity (Wildman–Crippen MR) is 88.0 cm³/mol. The van der Waals surface area contributed by atoms with E-state index in [9.17, 15) is 4.79 Å². The number of carbonyl (C=O) groups is 1. The fourth-order valence-electron chi connectivity index (χ4n) is 2.63. The molecule has 1 aromatic carbocycles. The van der Waals surface area contributed by atoms with Gasteiger partial charge in [0.05, 0.1) is 25.9 Å². The van der Waals surface area contributed by atoms with Crippen LogP contribution < -0.4 is 15.4 Å². The van der Waals surface area contributed by atoms with Crippen LogP contribution in [-0.4, -0.2) is 52.2 Å². The molecule has 0 bridgehead atoms. The van der Waals surface area contributed by atoms with Crippen LogP contribution in [0.15, 0.2) is 24.3 Å². The van der Waals surface area contributed by atoms with Crippen LogP contribution in [0.2, 0.25) is 0 Å². The lowest BCUT2D eigenvalue weighted by molar-refractivity contribution is 0.106. The third-order valence-electron chi connectivity index (χ3n) is 3.80. The number of urea groups is 1. The molecule has 1 aliphatic carbocycles. The highest BCUT2D eigenvalue weighted by atomic mass is 16.5. The maximum absolute atomic E-state index is 12.0. The van der Waals surface area contributed by atoms with Gasteiger partial charge in [-0.3, -0.25) is 0 Å². The van der Waals surface area contributed by atoms with Gasteiger partial charge in [-0.1, -0.05) is 12.1 Å². The minimum atomic E-state index is -0.178. The Bertz CT molecular complexity index is 486. The van der Waals surface area contributed by atoms with Crippen LogP contribution in [-0.2, 0) is 9.47 Å². The van der Waals surface area contributed by atoms with Crippen molar-refractivity contribution in [3.63, 3.8) is 0 Å². The lowest BCUT2D eigenvalue weighted by atomic mass is 10.1. The molecule has 23 heavy (non-hydrogen) atoms. The van der Waals surface area contributed by atoms with Crippen LogP contribution >= 0.6 is 0 Å². The molecule has 2 N–H and O–H groups in total. The Kier molecular flexibility index (Phi) is 6.67. The number of ether oxygens (including phenoxy) is 3. The van der Waals surface area contributed by atoms with Gasteiger partial charge < -0.3 is 24.8 Å². The van der Waals surface area contributed by atoms with E-state index in [1.807, 2.05) is 19.1 Å². The van der Waals surface area contributed by atoms with Gasteiger partial charge in [0.1, 0.15) is 5.75 Å². The average molecular weight is 322 g/mol. The second-order valence-electron chi connectivity index (χ2n) is 5.68. The summed E-state index contributed by atoms with van der Waals surface area (Å²) in [4.78, 5) is 12.0. The minimum Gasteiger partial charge on any atom is -0.494 e. The Morgan fingerprint density at radius 1 is 1.22 bits per heavy atom. The summed E-state index contributed by atoms with van der Waals surface area (Å²) in [7, 11) is 3.20. The number of methoxy groups -OCH3 is 2. The van der Waals surface area contributed by atoms with Crippen LogP contribution in [0.4, 0.5) is 4.79 Å². The number of hydrogen-bond donors (Lipinski definition) is 2. The average Bonchev–Trinajstić information content (AvgIpc) is 3.28. The fourth-order valence-corrected chi connectivity index (χ4v) is 2.63. The van der Waals surface area contributed by atoms with Crippen LogP contribution in [0.25, 0.3) is 0 Å². The van der Waals surface area contributed by atoms with E-state index in [0.29, 0.717) is 25.7 Å². The van der Waals surface area contributed by atoms with Crippen molar-refractivity contribution in [2.45, 2.75) is 31.3 Å². The lowest BCUT2D eigenvalue weighted by Gasteiger charge is -2.17. The molecule has 1 fully saturated rings. The standard InChI is InChI=1S/C17H26N2O4/c1-4-23-14-7-5-12(6-8-14)15-9-16(15)19-17(20)18-13(10-21-2)11-22-3/h5-8,13,15-16H,4,9-11H2,1-3H3,(H2,18,19,20)/t15-,16+/m0/s1. The molecule has 6 heteroatoms. The maximum Gasteiger partial charge on any atom is 0.315 e.